The highest BCUT2D eigenvalue weighted by Crippen LogP contribution is 2.37. The van der Waals surface area contributed by atoms with Crippen molar-refractivity contribution in [1.29, 1.82) is 0 Å². The molecular weight excluding hydrogens is 553 g/mol. The van der Waals surface area contributed by atoms with Gasteiger partial charge in [-0.15, -0.1) is 0 Å². The molecule has 7 heteroatoms. The Balaban J connectivity index is 1.40. The van der Waals surface area contributed by atoms with Crippen LogP contribution in [0.4, 0.5) is 5.69 Å². The molecule has 4 aromatic carbocycles. The van der Waals surface area contributed by atoms with Crippen LogP contribution < -0.4 is 5.32 Å². The van der Waals surface area contributed by atoms with E-state index in [1.807, 2.05) is 53.4 Å². The van der Waals surface area contributed by atoms with Crippen molar-refractivity contribution in [3.05, 3.63) is 153 Å². The highest BCUT2D eigenvalue weighted by atomic mass is 35.5. The van der Waals surface area contributed by atoms with Gasteiger partial charge in [0.2, 0.25) is 0 Å². The lowest BCUT2D eigenvalue weighted by molar-refractivity contribution is 0.0694. The molecule has 2 amide bonds. The van der Waals surface area contributed by atoms with E-state index in [4.69, 9.17) is 23.2 Å². The summed E-state index contributed by atoms with van der Waals surface area (Å²) in [5.41, 5.74) is 6.25. The number of carbonyl (C=O) groups excluding carboxylic acids is 2. The maximum absolute atomic E-state index is 14.2. The van der Waals surface area contributed by atoms with E-state index < -0.39 is 5.91 Å². The summed E-state index contributed by atoms with van der Waals surface area (Å²) in [5.74, 6) is -0.481. The van der Waals surface area contributed by atoms with Crippen LogP contribution in [-0.4, -0.2) is 28.2 Å². The molecule has 0 saturated heterocycles. The first-order valence-corrected chi connectivity index (χ1v) is 14.0. The van der Waals surface area contributed by atoms with E-state index in [0.717, 1.165) is 23.1 Å². The molecule has 1 aliphatic rings. The van der Waals surface area contributed by atoms with Gasteiger partial charge in [0.15, 0.2) is 0 Å². The number of hydrogen-bond acceptors (Lipinski definition) is 3. The number of hydrogen-bond donors (Lipinski definition) is 1. The number of fused-ring (bicyclic) bond motifs is 1. The lowest BCUT2D eigenvalue weighted by Gasteiger charge is -2.38. The fraction of sp³-hybridized carbons (Fsp3) is 0.0882. The largest absolute Gasteiger partial charge is 0.327 e. The van der Waals surface area contributed by atoms with Crippen LogP contribution in [0.2, 0.25) is 10.2 Å². The first-order valence-electron chi connectivity index (χ1n) is 13.2. The summed E-state index contributed by atoms with van der Waals surface area (Å²) in [6, 6.07) is 34.1. The van der Waals surface area contributed by atoms with E-state index in [9.17, 15) is 9.59 Å². The van der Waals surface area contributed by atoms with Crippen LogP contribution in [0.5, 0.6) is 0 Å². The summed E-state index contributed by atoms with van der Waals surface area (Å²) in [5, 5.41) is 3.66. The van der Waals surface area contributed by atoms with E-state index >= 15 is 0 Å². The maximum atomic E-state index is 14.2. The van der Waals surface area contributed by atoms with Gasteiger partial charge in [0.1, 0.15) is 5.15 Å². The molecule has 0 saturated carbocycles. The molecule has 0 spiro atoms. The van der Waals surface area contributed by atoms with Crippen LogP contribution in [0, 0.1) is 0 Å². The molecule has 1 N–H and O–H groups in total. The van der Waals surface area contributed by atoms with E-state index in [1.54, 1.807) is 36.4 Å². The number of anilines is 1. The minimum atomic E-state index is -0.394. The number of pyridine rings is 1. The molecule has 1 aliphatic heterocycles. The van der Waals surface area contributed by atoms with Crippen molar-refractivity contribution in [2.45, 2.75) is 12.5 Å². The summed E-state index contributed by atoms with van der Waals surface area (Å²) in [7, 11) is 0. The van der Waals surface area contributed by atoms with Gasteiger partial charge in [-0.3, -0.25) is 9.59 Å². The third-order valence-corrected chi connectivity index (χ3v) is 7.89. The Bertz CT molecular complexity index is 1740. The molecular formula is C34H25Cl2N3O2. The summed E-state index contributed by atoms with van der Waals surface area (Å²) in [6.45, 7) is 0.587. The molecule has 0 fully saturated rings. The molecule has 2 heterocycles. The van der Waals surface area contributed by atoms with Crippen LogP contribution in [0.25, 0.3) is 11.1 Å². The van der Waals surface area contributed by atoms with Crippen molar-refractivity contribution >= 4 is 40.7 Å². The third kappa shape index (κ3) is 5.47. The van der Waals surface area contributed by atoms with Gasteiger partial charge < -0.3 is 10.2 Å². The predicted octanol–water partition coefficient (Wildman–Crippen LogP) is 8.10. The monoisotopic (exact) mass is 577 g/mol. The number of aromatic nitrogens is 1. The molecule has 0 aliphatic carbocycles. The number of nitrogens with one attached hydrogen (secondary N) is 1. The Hall–Kier alpha value is -4.45. The Morgan fingerprint density at radius 3 is 2.37 bits per heavy atom. The molecule has 0 unspecified atom stereocenters. The SMILES string of the molecule is O=C(Nc1ccc(C(=O)N2CCc3ccccc3[C@@H]2c2ccccc2)cc1-c1ccc(Cl)cc1)c1cccnc1Cl. The van der Waals surface area contributed by atoms with E-state index in [-0.39, 0.29) is 22.7 Å². The van der Waals surface area contributed by atoms with Gasteiger partial charge in [0, 0.05) is 34.6 Å². The zero-order chi connectivity index (χ0) is 28.3. The summed E-state index contributed by atoms with van der Waals surface area (Å²) in [4.78, 5) is 33.3. The van der Waals surface area contributed by atoms with Gasteiger partial charge in [-0.1, -0.05) is 89.9 Å². The molecule has 41 heavy (non-hydrogen) atoms. The number of halogens is 2. The molecule has 6 rings (SSSR count). The first kappa shape index (κ1) is 26.8. The lowest BCUT2D eigenvalue weighted by Crippen LogP contribution is -2.40. The fourth-order valence-corrected chi connectivity index (χ4v) is 5.68. The highest BCUT2D eigenvalue weighted by molar-refractivity contribution is 6.33. The standard InChI is InChI=1S/C34H25Cl2N3O2/c35-26-15-12-23(13-16-26)29-21-25(14-17-30(29)38-33(40)28-11-6-19-37-32(28)36)34(41)39-20-18-22-7-4-5-10-27(22)31(39)24-8-2-1-3-9-24/h1-17,19,21,31H,18,20H2,(H,38,40)/t31-/m0/s1. The normalized spacial score (nSPS) is 14.3. The molecule has 1 atom stereocenters. The number of benzene rings is 4. The molecule has 202 valence electrons. The Labute approximate surface area is 248 Å². The van der Waals surface area contributed by atoms with Crippen molar-refractivity contribution in [2.75, 3.05) is 11.9 Å². The van der Waals surface area contributed by atoms with E-state index in [1.165, 1.54) is 11.8 Å². The molecule has 5 nitrogen and oxygen atoms in total. The molecule has 5 aromatic rings. The van der Waals surface area contributed by atoms with Crippen LogP contribution >= 0.6 is 23.2 Å². The summed E-state index contributed by atoms with van der Waals surface area (Å²) >= 11 is 12.3. The Kier molecular flexibility index (Phi) is 7.55. The smallest absolute Gasteiger partial charge is 0.258 e. The topological polar surface area (TPSA) is 62.3 Å². The number of amides is 2. The summed E-state index contributed by atoms with van der Waals surface area (Å²) < 4.78 is 0. The quantitative estimate of drug-likeness (QED) is 0.215. The van der Waals surface area contributed by atoms with Crippen LogP contribution in [-0.2, 0) is 6.42 Å². The van der Waals surface area contributed by atoms with Gasteiger partial charge in [0.25, 0.3) is 11.8 Å². The molecule has 1 aromatic heterocycles. The predicted molar refractivity (Wildman–Crippen MR) is 164 cm³/mol. The number of carbonyl (C=O) groups is 2. The van der Waals surface area contributed by atoms with Gasteiger partial charge in [-0.2, -0.15) is 0 Å². The minimum absolute atomic E-state index is 0.0863. The minimum Gasteiger partial charge on any atom is -0.327 e. The Morgan fingerprint density at radius 1 is 0.829 bits per heavy atom. The second-order valence-electron chi connectivity index (χ2n) is 9.82. The van der Waals surface area contributed by atoms with Crippen molar-refractivity contribution in [2.24, 2.45) is 0 Å². The van der Waals surface area contributed by atoms with E-state index in [0.29, 0.717) is 28.4 Å². The highest BCUT2D eigenvalue weighted by Gasteiger charge is 2.32. The second-order valence-corrected chi connectivity index (χ2v) is 10.6. The zero-order valence-corrected chi connectivity index (χ0v) is 23.4. The summed E-state index contributed by atoms with van der Waals surface area (Å²) in [6.07, 6.45) is 2.30. The second kappa shape index (κ2) is 11.6. The zero-order valence-electron chi connectivity index (χ0n) is 21.9. The van der Waals surface area contributed by atoms with Crippen LogP contribution in [0.15, 0.2) is 115 Å². The van der Waals surface area contributed by atoms with Crippen molar-refractivity contribution in [3.63, 3.8) is 0 Å². The molecule has 0 bridgehead atoms. The lowest BCUT2D eigenvalue weighted by atomic mass is 9.87. The van der Waals surface area contributed by atoms with Gasteiger partial charge >= 0.3 is 0 Å². The van der Waals surface area contributed by atoms with Gasteiger partial charge in [0.05, 0.1) is 11.6 Å². The van der Waals surface area contributed by atoms with Gasteiger partial charge in [-0.25, -0.2) is 4.98 Å². The van der Waals surface area contributed by atoms with Crippen molar-refractivity contribution in [1.82, 2.24) is 9.88 Å². The van der Waals surface area contributed by atoms with Crippen LogP contribution in [0.1, 0.15) is 43.4 Å². The van der Waals surface area contributed by atoms with E-state index in [2.05, 4.69) is 34.6 Å². The number of nitrogens with zero attached hydrogens (tertiary/aromatic N) is 2. The number of rotatable bonds is 5. The maximum Gasteiger partial charge on any atom is 0.258 e. The van der Waals surface area contributed by atoms with Crippen LogP contribution in [0.3, 0.4) is 0 Å². The van der Waals surface area contributed by atoms with Gasteiger partial charge in [-0.05, 0) is 71.1 Å². The van der Waals surface area contributed by atoms with Crippen molar-refractivity contribution in [3.8, 4) is 11.1 Å². The third-order valence-electron chi connectivity index (χ3n) is 7.33. The molecule has 0 radical (unpaired) electrons. The first-order chi connectivity index (χ1) is 20.0. The Morgan fingerprint density at radius 2 is 1.59 bits per heavy atom. The average Bonchev–Trinajstić information content (AvgIpc) is 3.01. The van der Waals surface area contributed by atoms with Crippen molar-refractivity contribution < 1.29 is 9.59 Å². The average molecular weight is 578 g/mol. The fourth-order valence-electron chi connectivity index (χ4n) is 5.35.